The van der Waals surface area contributed by atoms with Gasteiger partial charge in [0.1, 0.15) is 0 Å². The maximum absolute atomic E-state index is 4.67. The van der Waals surface area contributed by atoms with Gasteiger partial charge in [-0.3, -0.25) is 4.99 Å². The van der Waals surface area contributed by atoms with E-state index >= 15 is 0 Å². The van der Waals surface area contributed by atoms with Gasteiger partial charge in [-0.15, -0.1) is 0 Å². The van der Waals surface area contributed by atoms with Gasteiger partial charge in [-0.05, 0) is 31.8 Å². The number of nitrogens with zero attached hydrogens (tertiary/aromatic N) is 2. The lowest BCUT2D eigenvalue weighted by atomic mass is 9.99. The summed E-state index contributed by atoms with van der Waals surface area (Å²) in [6, 6.07) is 0. The first kappa shape index (κ1) is 14.2. The van der Waals surface area contributed by atoms with Gasteiger partial charge in [0.25, 0.3) is 0 Å². The van der Waals surface area contributed by atoms with Gasteiger partial charge in [0.05, 0.1) is 6.54 Å². The van der Waals surface area contributed by atoms with Crippen LogP contribution in [-0.2, 0) is 0 Å². The number of thioether (sulfide) groups is 1. The minimum absolute atomic E-state index is 0.716. The fraction of sp³-hybridized carbons (Fsp3) is 0.929. The van der Waals surface area contributed by atoms with Crippen LogP contribution in [0.3, 0.4) is 0 Å². The number of aliphatic imine (C=N–C) groups is 1. The molecule has 1 fully saturated rings. The van der Waals surface area contributed by atoms with Crippen LogP contribution in [0.5, 0.6) is 0 Å². The smallest absolute Gasteiger partial charge is 0.156 e. The summed E-state index contributed by atoms with van der Waals surface area (Å²) in [5.74, 6) is 1.64. The van der Waals surface area contributed by atoms with Crippen LogP contribution in [0.2, 0.25) is 0 Å². The number of hydrogen-bond donors (Lipinski definition) is 1. The highest BCUT2D eigenvalue weighted by Gasteiger charge is 2.26. The van der Waals surface area contributed by atoms with Gasteiger partial charge in [0, 0.05) is 18.3 Å². The summed E-state index contributed by atoms with van der Waals surface area (Å²) in [6.45, 7) is 9.21. The van der Waals surface area contributed by atoms with E-state index < -0.39 is 0 Å². The van der Waals surface area contributed by atoms with Crippen molar-refractivity contribution < 1.29 is 0 Å². The number of rotatable bonds is 5. The molecule has 2 aliphatic heterocycles. The molecule has 0 aromatic heterocycles. The average molecular weight is 269 g/mol. The molecule has 2 heterocycles. The minimum atomic E-state index is 0.716. The zero-order valence-electron chi connectivity index (χ0n) is 12.0. The number of hydrogen-bond acceptors (Lipinski definition) is 4. The van der Waals surface area contributed by atoms with Crippen LogP contribution in [-0.4, -0.2) is 48.5 Å². The molecule has 3 nitrogen and oxygen atoms in total. The van der Waals surface area contributed by atoms with Gasteiger partial charge in [0.15, 0.2) is 5.17 Å². The van der Waals surface area contributed by atoms with Crippen molar-refractivity contribution in [2.45, 2.75) is 38.4 Å². The average Bonchev–Trinajstić information content (AvgIpc) is 2.98. The van der Waals surface area contributed by atoms with E-state index in [0.29, 0.717) is 5.25 Å². The number of amidine groups is 1. The Balaban J connectivity index is 1.69. The third kappa shape index (κ3) is 3.64. The van der Waals surface area contributed by atoms with E-state index in [0.717, 1.165) is 24.9 Å². The molecule has 0 aromatic rings. The SMILES string of the molecule is CCC(CC)C1CN=C(NCC2CCN(C)C2)S1. The summed E-state index contributed by atoms with van der Waals surface area (Å²) >= 11 is 1.98. The van der Waals surface area contributed by atoms with Crippen LogP contribution in [0.4, 0.5) is 0 Å². The second kappa shape index (κ2) is 6.80. The van der Waals surface area contributed by atoms with Crippen LogP contribution in [0.25, 0.3) is 0 Å². The molecule has 0 bridgehead atoms. The molecule has 1 saturated heterocycles. The maximum atomic E-state index is 4.67. The predicted molar refractivity (Wildman–Crippen MR) is 81.4 cm³/mol. The van der Waals surface area contributed by atoms with Gasteiger partial charge in [-0.2, -0.15) is 0 Å². The van der Waals surface area contributed by atoms with E-state index in [4.69, 9.17) is 0 Å². The lowest BCUT2D eigenvalue weighted by Crippen LogP contribution is -2.28. The first-order valence-corrected chi connectivity index (χ1v) is 8.24. The normalized spacial score (nSPS) is 29.0. The van der Waals surface area contributed by atoms with E-state index in [1.807, 2.05) is 11.8 Å². The van der Waals surface area contributed by atoms with E-state index in [1.165, 1.54) is 37.5 Å². The second-order valence-corrected chi connectivity index (χ2v) is 6.90. The molecule has 2 atom stereocenters. The lowest BCUT2D eigenvalue weighted by Gasteiger charge is -2.19. The Morgan fingerprint density at radius 3 is 2.83 bits per heavy atom. The summed E-state index contributed by atoms with van der Waals surface area (Å²) in [5.41, 5.74) is 0. The first-order valence-electron chi connectivity index (χ1n) is 7.36. The van der Waals surface area contributed by atoms with Gasteiger partial charge in [0.2, 0.25) is 0 Å². The van der Waals surface area contributed by atoms with E-state index in [1.54, 1.807) is 0 Å². The first-order chi connectivity index (χ1) is 8.72. The maximum Gasteiger partial charge on any atom is 0.156 e. The monoisotopic (exact) mass is 269 g/mol. The molecule has 2 unspecified atom stereocenters. The quantitative estimate of drug-likeness (QED) is 0.831. The largest absolute Gasteiger partial charge is 0.365 e. The molecule has 0 spiro atoms. The minimum Gasteiger partial charge on any atom is -0.365 e. The Hall–Kier alpha value is -0.220. The van der Waals surface area contributed by atoms with Crippen LogP contribution < -0.4 is 5.32 Å². The van der Waals surface area contributed by atoms with Crippen molar-refractivity contribution in [3.63, 3.8) is 0 Å². The molecule has 104 valence electrons. The third-order valence-corrected chi connectivity index (χ3v) is 5.62. The van der Waals surface area contributed by atoms with Crippen molar-refractivity contribution >= 4 is 16.9 Å². The molecule has 1 N–H and O–H groups in total. The van der Waals surface area contributed by atoms with Crippen molar-refractivity contribution in [3.05, 3.63) is 0 Å². The molecule has 4 heteroatoms. The van der Waals surface area contributed by atoms with Gasteiger partial charge in [-0.1, -0.05) is 38.5 Å². The Bertz CT molecular complexity index is 289. The fourth-order valence-corrected chi connectivity index (χ4v) is 4.30. The Morgan fingerprint density at radius 2 is 2.22 bits per heavy atom. The van der Waals surface area contributed by atoms with Crippen molar-refractivity contribution in [2.75, 3.05) is 33.2 Å². The van der Waals surface area contributed by atoms with Crippen molar-refractivity contribution in [1.29, 1.82) is 0 Å². The Labute approximate surface area is 116 Å². The standard InChI is InChI=1S/C14H27N3S/c1-4-12(5-2)13-9-16-14(18-13)15-8-11-6-7-17(3)10-11/h11-13H,4-10H2,1-3H3,(H,15,16). The predicted octanol–water partition coefficient (Wildman–Crippen LogP) is 2.44. The fourth-order valence-electron chi connectivity index (χ4n) is 2.97. The molecule has 18 heavy (non-hydrogen) atoms. The summed E-state index contributed by atoms with van der Waals surface area (Å²) in [7, 11) is 2.21. The second-order valence-electron chi connectivity index (χ2n) is 5.68. The van der Waals surface area contributed by atoms with Crippen LogP contribution in [0.1, 0.15) is 33.1 Å². The van der Waals surface area contributed by atoms with Crippen molar-refractivity contribution in [1.82, 2.24) is 10.2 Å². The van der Waals surface area contributed by atoms with E-state index in [-0.39, 0.29) is 0 Å². The van der Waals surface area contributed by atoms with Crippen LogP contribution in [0, 0.1) is 11.8 Å². The van der Waals surface area contributed by atoms with Crippen LogP contribution in [0.15, 0.2) is 4.99 Å². The third-order valence-electron chi connectivity index (χ3n) is 4.28. The van der Waals surface area contributed by atoms with E-state index in [2.05, 4.69) is 36.1 Å². The zero-order chi connectivity index (χ0) is 13.0. The van der Waals surface area contributed by atoms with Crippen molar-refractivity contribution in [2.24, 2.45) is 16.8 Å². The highest BCUT2D eigenvalue weighted by Crippen LogP contribution is 2.30. The van der Waals surface area contributed by atoms with Gasteiger partial charge >= 0.3 is 0 Å². The molecule has 0 aliphatic carbocycles. The molecular weight excluding hydrogens is 242 g/mol. The lowest BCUT2D eigenvalue weighted by molar-refractivity contribution is 0.394. The van der Waals surface area contributed by atoms with Gasteiger partial charge < -0.3 is 10.2 Å². The highest BCUT2D eigenvalue weighted by molar-refractivity contribution is 8.14. The van der Waals surface area contributed by atoms with E-state index in [9.17, 15) is 0 Å². The molecule has 0 aromatic carbocycles. The van der Waals surface area contributed by atoms with Crippen molar-refractivity contribution in [3.8, 4) is 0 Å². The topological polar surface area (TPSA) is 27.6 Å². The molecule has 2 aliphatic rings. The molecule has 0 saturated carbocycles. The molecule has 0 amide bonds. The summed E-state index contributed by atoms with van der Waals surface area (Å²) in [4.78, 5) is 7.09. The summed E-state index contributed by atoms with van der Waals surface area (Å²) < 4.78 is 0. The summed E-state index contributed by atoms with van der Waals surface area (Å²) in [5, 5.41) is 5.48. The Morgan fingerprint density at radius 1 is 1.44 bits per heavy atom. The van der Waals surface area contributed by atoms with Crippen LogP contribution >= 0.6 is 11.8 Å². The molecule has 0 radical (unpaired) electrons. The number of nitrogens with one attached hydrogen (secondary N) is 1. The molecule has 2 rings (SSSR count). The molecular formula is C14H27N3S. The highest BCUT2D eigenvalue weighted by atomic mass is 32.2. The van der Waals surface area contributed by atoms with Gasteiger partial charge in [-0.25, -0.2) is 0 Å². The Kier molecular flexibility index (Phi) is 5.37. The number of likely N-dealkylation sites (tertiary alicyclic amines) is 1. The zero-order valence-corrected chi connectivity index (χ0v) is 12.8. The summed E-state index contributed by atoms with van der Waals surface area (Å²) in [6.07, 6.45) is 3.90.